The molecular formula is C16H23NO3. The SMILES string of the molecule is COC(=O)C(NC1CCCCC1)c1ccc(OC)cc1. The number of hydrogen-bond acceptors (Lipinski definition) is 4. The summed E-state index contributed by atoms with van der Waals surface area (Å²) in [5.41, 5.74) is 0.920. The summed E-state index contributed by atoms with van der Waals surface area (Å²) in [7, 11) is 3.06. The van der Waals surface area contributed by atoms with E-state index in [0.29, 0.717) is 6.04 Å². The highest BCUT2D eigenvalue weighted by atomic mass is 16.5. The lowest BCUT2D eigenvalue weighted by molar-refractivity contribution is -0.143. The van der Waals surface area contributed by atoms with Crippen molar-refractivity contribution in [2.24, 2.45) is 0 Å². The third kappa shape index (κ3) is 3.73. The van der Waals surface area contributed by atoms with Crippen molar-refractivity contribution in [1.29, 1.82) is 0 Å². The van der Waals surface area contributed by atoms with Gasteiger partial charge in [-0.25, -0.2) is 4.79 Å². The maximum atomic E-state index is 12.0. The number of esters is 1. The summed E-state index contributed by atoms with van der Waals surface area (Å²) in [6, 6.07) is 7.57. The third-order valence-corrected chi connectivity index (χ3v) is 3.89. The van der Waals surface area contributed by atoms with E-state index in [1.807, 2.05) is 24.3 Å². The second-order valence-electron chi connectivity index (χ2n) is 5.23. The smallest absolute Gasteiger partial charge is 0.327 e. The van der Waals surface area contributed by atoms with Crippen LogP contribution in [0.4, 0.5) is 0 Å². The van der Waals surface area contributed by atoms with Gasteiger partial charge in [0.1, 0.15) is 11.8 Å². The van der Waals surface area contributed by atoms with Crippen molar-refractivity contribution in [1.82, 2.24) is 5.32 Å². The largest absolute Gasteiger partial charge is 0.497 e. The van der Waals surface area contributed by atoms with E-state index in [9.17, 15) is 4.79 Å². The molecule has 1 fully saturated rings. The lowest BCUT2D eigenvalue weighted by Gasteiger charge is -2.27. The minimum atomic E-state index is -0.394. The summed E-state index contributed by atoms with van der Waals surface area (Å²) < 4.78 is 10.1. The molecule has 0 radical (unpaired) electrons. The Morgan fingerprint density at radius 1 is 1.15 bits per heavy atom. The van der Waals surface area contributed by atoms with Crippen LogP contribution in [0, 0.1) is 0 Å². The van der Waals surface area contributed by atoms with Crippen LogP contribution >= 0.6 is 0 Å². The normalized spacial score (nSPS) is 17.5. The number of rotatable bonds is 5. The van der Waals surface area contributed by atoms with Crippen LogP contribution in [0.3, 0.4) is 0 Å². The van der Waals surface area contributed by atoms with Gasteiger partial charge >= 0.3 is 5.97 Å². The Bertz CT molecular complexity index is 424. The average Bonchev–Trinajstić information content (AvgIpc) is 2.53. The molecule has 0 heterocycles. The highest BCUT2D eigenvalue weighted by Crippen LogP contribution is 2.23. The van der Waals surface area contributed by atoms with Gasteiger partial charge < -0.3 is 9.47 Å². The zero-order chi connectivity index (χ0) is 14.4. The van der Waals surface area contributed by atoms with Gasteiger partial charge in [0.05, 0.1) is 14.2 Å². The van der Waals surface area contributed by atoms with Gasteiger partial charge in [-0.05, 0) is 30.5 Å². The molecule has 0 spiro atoms. The molecule has 1 aliphatic rings. The molecule has 1 saturated carbocycles. The third-order valence-electron chi connectivity index (χ3n) is 3.89. The number of nitrogens with one attached hydrogen (secondary N) is 1. The van der Waals surface area contributed by atoms with Crippen molar-refractivity contribution in [2.45, 2.75) is 44.2 Å². The fourth-order valence-corrected chi connectivity index (χ4v) is 2.72. The van der Waals surface area contributed by atoms with Crippen molar-refractivity contribution in [3.8, 4) is 5.75 Å². The van der Waals surface area contributed by atoms with Crippen LogP contribution in [0.1, 0.15) is 43.7 Å². The van der Waals surface area contributed by atoms with Gasteiger partial charge in [0.2, 0.25) is 0 Å². The molecule has 110 valence electrons. The molecule has 0 aliphatic heterocycles. The highest BCUT2D eigenvalue weighted by Gasteiger charge is 2.25. The lowest BCUT2D eigenvalue weighted by atomic mass is 9.94. The van der Waals surface area contributed by atoms with Gasteiger partial charge in [0.15, 0.2) is 0 Å². The van der Waals surface area contributed by atoms with Crippen LogP contribution in [0.15, 0.2) is 24.3 Å². The summed E-state index contributed by atoms with van der Waals surface area (Å²) in [5.74, 6) is 0.552. The molecule has 1 aromatic carbocycles. The van der Waals surface area contributed by atoms with E-state index in [1.54, 1.807) is 7.11 Å². The van der Waals surface area contributed by atoms with Crippen LogP contribution < -0.4 is 10.1 Å². The molecule has 0 saturated heterocycles. The van der Waals surface area contributed by atoms with E-state index in [1.165, 1.54) is 26.4 Å². The topological polar surface area (TPSA) is 47.6 Å². The first-order valence-electron chi connectivity index (χ1n) is 7.22. The molecule has 1 aliphatic carbocycles. The summed E-state index contributed by atoms with van der Waals surface area (Å²) in [6.07, 6.45) is 6.01. The lowest BCUT2D eigenvalue weighted by Crippen LogP contribution is -2.38. The molecule has 2 rings (SSSR count). The van der Waals surface area contributed by atoms with E-state index >= 15 is 0 Å². The molecule has 4 heteroatoms. The maximum Gasteiger partial charge on any atom is 0.327 e. The van der Waals surface area contributed by atoms with Gasteiger partial charge in [0, 0.05) is 6.04 Å². The predicted octanol–water partition coefficient (Wildman–Crippen LogP) is 2.83. The van der Waals surface area contributed by atoms with Crippen molar-refractivity contribution in [2.75, 3.05) is 14.2 Å². The molecule has 1 atom stereocenters. The minimum absolute atomic E-state index is 0.235. The number of carbonyl (C=O) groups excluding carboxylic acids is 1. The number of benzene rings is 1. The van der Waals surface area contributed by atoms with Crippen LogP contribution in [0.25, 0.3) is 0 Å². The monoisotopic (exact) mass is 277 g/mol. The first-order valence-corrected chi connectivity index (χ1v) is 7.22. The molecule has 1 unspecified atom stereocenters. The Kier molecular flexibility index (Phi) is 5.41. The summed E-state index contributed by atoms with van der Waals surface area (Å²) in [5, 5.41) is 3.45. The minimum Gasteiger partial charge on any atom is -0.497 e. The highest BCUT2D eigenvalue weighted by molar-refractivity contribution is 5.77. The number of methoxy groups -OCH3 is 2. The summed E-state index contributed by atoms with van der Waals surface area (Å²) in [4.78, 5) is 12.0. The maximum absolute atomic E-state index is 12.0. The van der Waals surface area contributed by atoms with Gasteiger partial charge in [-0.2, -0.15) is 0 Å². The number of carbonyl (C=O) groups is 1. The van der Waals surface area contributed by atoms with Crippen LogP contribution in [0.2, 0.25) is 0 Å². The Balaban J connectivity index is 2.10. The van der Waals surface area contributed by atoms with Crippen LogP contribution in [-0.4, -0.2) is 26.2 Å². The zero-order valence-electron chi connectivity index (χ0n) is 12.2. The van der Waals surface area contributed by atoms with E-state index < -0.39 is 6.04 Å². The summed E-state index contributed by atoms with van der Waals surface area (Å²) >= 11 is 0. The van der Waals surface area contributed by atoms with Crippen molar-refractivity contribution in [3.05, 3.63) is 29.8 Å². The zero-order valence-corrected chi connectivity index (χ0v) is 12.2. The van der Waals surface area contributed by atoms with Gasteiger partial charge in [-0.3, -0.25) is 5.32 Å². The molecule has 0 bridgehead atoms. The molecule has 1 aromatic rings. The summed E-state index contributed by atoms with van der Waals surface area (Å²) in [6.45, 7) is 0. The Morgan fingerprint density at radius 2 is 1.80 bits per heavy atom. The first-order chi connectivity index (χ1) is 9.74. The van der Waals surface area contributed by atoms with E-state index in [2.05, 4.69) is 5.32 Å². The average molecular weight is 277 g/mol. The predicted molar refractivity (Wildman–Crippen MR) is 77.8 cm³/mol. The second-order valence-corrected chi connectivity index (χ2v) is 5.23. The van der Waals surface area contributed by atoms with Crippen molar-refractivity contribution < 1.29 is 14.3 Å². The standard InChI is InChI=1S/C16H23NO3/c1-19-14-10-8-12(9-11-14)15(16(18)20-2)17-13-6-4-3-5-7-13/h8-11,13,15,17H,3-7H2,1-2H3. The molecule has 0 amide bonds. The Morgan fingerprint density at radius 3 is 2.35 bits per heavy atom. The fraction of sp³-hybridized carbons (Fsp3) is 0.562. The van der Waals surface area contributed by atoms with Gasteiger partial charge in [-0.1, -0.05) is 31.4 Å². The Hall–Kier alpha value is -1.55. The van der Waals surface area contributed by atoms with E-state index in [4.69, 9.17) is 9.47 Å². The van der Waals surface area contributed by atoms with Crippen LogP contribution in [0.5, 0.6) is 5.75 Å². The quantitative estimate of drug-likeness (QED) is 0.841. The van der Waals surface area contributed by atoms with Crippen molar-refractivity contribution >= 4 is 5.97 Å². The van der Waals surface area contributed by atoms with Gasteiger partial charge in [-0.15, -0.1) is 0 Å². The molecular weight excluding hydrogens is 254 g/mol. The molecule has 1 N–H and O–H groups in total. The molecule has 20 heavy (non-hydrogen) atoms. The van der Waals surface area contributed by atoms with E-state index in [0.717, 1.165) is 24.2 Å². The van der Waals surface area contributed by atoms with E-state index in [-0.39, 0.29) is 5.97 Å². The Labute approximate surface area is 120 Å². The van der Waals surface area contributed by atoms with Gasteiger partial charge in [0.25, 0.3) is 0 Å². The van der Waals surface area contributed by atoms with Crippen LogP contribution in [-0.2, 0) is 9.53 Å². The second kappa shape index (κ2) is 7.29. The fourth-order valence-electron chi connectivity index (χ4n) is 2.72. The first kappa shape index (κ1) is 14.9. The molecule has 0 aromatic heterocycles. The van der Waals surface area contributed by atoms with Crippen molar-refractivity contribution in [3.63, 3.8) is 0 Å². The molecule has 4 nitrogen and oxygen atoms in total. The number of ether oxygens (including phenoxy) is 2. The number of hydrogen-bond donors (Lipinski definition) is 1.